The van der Waals surface area contributed by atoms with Crippen molar-refractivity contribution in [1.82, 2.24) is 10.3 Å². The predicted octanol–water partition coefficient (Wildman–Crippen LogP) is 2.30. The van der Waals surface area contributed by atoms with E-state index in [-0.39, 0.29) is 18.2 Å². The van der Waals surface area contributed by atoms with Crippen LogP contribution in [0.4, 0.5) is 5.82 Å². The van der Waals surface area contributed by atoms with Gasteiger partial charge < -0.3 is 15.4 Å². The molecular weight excluding hydrogens is 294 g/mol. The molecule has 2 N–H and O–H groups in total. The summed E-state index contributed by atoms with van der Waals surface area (Å²) >= 11 is 0. The Morgan fingerprint density at radius 2 is 1.91 bits per heavy atom. The number of amides is 2. The molecule has 2 rings (SSSR count). The molecule has 0 unspecified atom stereocenters. The maximum absolute atomic E-state index is 12.2. The minimum absolute atomic E-state index is 0.114. The molecule has 0 saturated heterocycles. The number of hydrogen-bond acceptors (Lipinski definition) is 4. The number of nitrogens with zero attached hydrogens (tertiary/aromatic N) is 1. The summed E-state index contributed by atoms with van der Waals surface area (Å²) in [5.74, 6) is 0.775. The first kappa shape index (κ1) is 16.5. The number of anilines is 1. The first-order valence-electron chi connectivity index (χ1n) is 7.20. The summed E-state index contributed by atoms with van der Waals surface area (Å²) in [5.41, 5.74) is 0.831. The summed E-state index contributed by atoms with van der Waals surface area (Å²) in [7, 11) is 1.58. The molecule has 0 radical (unpaired) electrons. The third-order valence-electron chi connectivity index (χ3n) is 3.22. The van der Waals surface area contributed by atoms with Gasteiger partial charge in [0.15, 0.2) is 0 Å². The third-order valence-corrected chi connectivity index (χ3v) is 3.22. The molecule has 1 aromatic heterocycles. The number of benzene rings is 1. The van der Waals surface area contributed by atoms with Crippen molar-refractivity contribution in [2.24, 2.45) is 0 Å². The predicted molar refractivity (Wildman–Crippen MR) is 87.0 cm³/mol. The lowest BCUT2D eigenvalue weighted by Crippen LogP contribution is -2.29. The summed E-state index contributed by atoms with van der Waals surface area (Å²) in [6, 6.07) is 12.1. The average molecular weight is 313 g/mol. The van der Waals surface area contributed by atoms with Crippen LogP contribution < -0.4 is 15.4 Å². The molecule has 6 nitrogen and oxygen atoms in total. The van der Waals surface area contributed by atoms with Crippen molar-refractivity contribution in [1.29, 1.82) is 0 Å². The molecule has 23 heavy (non-hydrogen) atoms. The van der Waals surface area contributed by atoms with Gasteiger partial charge in [0, 0.05) is 13.1 Å². The molecule has 0 spiro atoms. The quantitative estimate of drug-likeness (QED) is 0.857. The maximum Gasteiger partial charge on any atom is 0.227 e. The number of pyridine rings is 1. The number of nitrogens with one attached hydrogen (secondary N) is 2. The molecule has 2 amide bonds. The van der Waals surface area contributed by atoms with E-state index in [0.717, 1.165) is 5.56 Å². The molecule has 0 aliphatic rings. The second kappa shape index (κ2) is 7.93. The van der Waals surface area contributed by atoms with E-state index in [1.807, 2.05) is 12.1 Å². The molecule has 0 saturated carbocycles. The molecule has 0 fully saturated rings. The van der Waals surface area contributed by atoms with Gasteiger partial charge in [0.1, 0.15) is 11.6 Å². The van der Waals surface area contributed by atoms with Crippen LogP contribution in [0.3, 0.4) is 0 Å². The van der Waals surface area contributed by atoms with E-state index in [4.69, 9.17) is 4.74 Å². The largest absolute Gasteiger partial charge is 0.497 e. The fourth-order valence-electron chi connectivity index (χ4n) is 2.15. The zero-order valence-electron chi connectivity index (χ0n) is 13.1. The monoisotopic (exact) mass is 313 g/mol. The molecule has 0 aliphatic heterocycles. The Kier molecular flexibility index (Phi) is 5.68. The number of rotatable bonds is 6. The second-order valence-corrected chi connectivity index (χ2v) is 4.99. The van der Waals surface area contributed by atoms with E-state index in [0.29, 0.717) is 11.6 Å². The highest BCUT2D eigenvalue weighted by Gasteiger charge is 2.17. The van der Waals surface area contributed by atoms with Crippen LogP contribution in [0.25, 0.3) is 0 Å². The molecule has 1 aromatic carbocycles. The van der Waals surface area contributed by atoms with Crippen LogP contribution in [0.2, 0.25) is 0 Å². The van der Waals surface area contributed by atoms with E-state index in [2.05, 4.69) is 15.6 Å². The molecule has 1 atom stereocenters. The molecule has 0 bridgehead atoms. The van der Waals surface area contributed by atoms with Crippen molar-refractivity contribution in [3.05, 3.63) is 54.2 Å². The average Bonchev–Trinajstić information content (AvgIpc) is 2.55. The zero-order chi connectivity index (χ0) is 16.7. The first-order chi connectivity index (χ1) is 11.1. The topological polar surface area (TPSA) is 80.3 Å². The lowest BCUT2D eigenvalue weighted by Gasteiger charge is -2.18. The number of carbonyl (C=O) groups is 2. The number of aromatic nitrogens is 1. The van der Waals surface area contributed by atoms with Gasteiger partial charge in [-0.1, -0.05) is 18.2 Å². The van der Waals surface area contributed by atoms with E-state index >= 15 is 0 Å². The van der Waals surface area contributed by atoms with Gasteiger partial charge in [-0.15, -0.1) is 0 Å². The number of methoxy groups -OCH3 is 1. The number of hydrogen-bond donors (Lipinski definition) is 2. The smallest absolute Gasteiger partial charge is 0.227 e. The summed E-state index contributed by atoms with van der Waals surface area (Å²) in [6.07, 6.45) is 1.72. The summed E-state index contributed by atoms with van der Waals surface area (Å²) < 4.78 is 5.12. The Hall–Kier alpha value is -2.89. The van der Waals surface area contributed by atoms with Crippen molar-refractivity contribution < 1.29 is 14.3 Å². The van der Waals surface area contributed by atoms with Gasteiger partial charge in [0.25, 0.3) is 0 Å². The Bertz CT molecular complexity index is 657. The molecule has 1 heterocycles. The van der Waals surface area contributed by atoms with Crippen molar-refractivity contribution in [2.75, 3.05) is 12.4 Å². The van der Waals surface area contributed by atoms with Crippen LogP contribution in [-0.4, -0.2) is 23.9 Å². The van der Waals surface area contributed by atoms with Crippen molar-refractivity contribution >= 4 is 17.6 Å². The highest BCUT2D eigenvalue weighted by atomic mass is 16.5. The van der Waals surface area contributed by atoms with Gasteiger partial charge in [-0.25, -0.2) is 4.98 Å². The van der Waals surface area contributed by atoms with Gasteiger partial charge in [0.05, 0.1) is 19.6 Å². The molecule has 120 valence electrons. The first-order valence-corrected chi connectivity index (χ1v) is 7.20. The van der Waals surface area contributed by atoms with Crippen LogP contribution in [0, 0.1) is 0 Å². The Labute approximate surface area is 134 Å². The zero-order valence-corrected chi connectivity index (χ0v) is 13.1. The SMILES string of the molecule is COc1ccc([C@@H](CC(=O)Nc2ccccn2)NC(C)=O)cc1. The Morgan fingerprint density at radius 3 is 2.48 bits per heavy atom. The minimum atomic E-state index is -0.415. The molecular formula is C17H19N3O3. The van der Waals surface area contributed by atoms with Gasteiger partial charge in [0.2, 0.25) is 11.8 Å². The van der Waals surface area contributed by atoms with Crippen molar-refractivity contribution in [3.8, 4) is 5.75 Å². The fraction of sp³-hybridized carbons (Fsp3) is 0.235. The standard InChI is InChI=1S/C17H19N3O3/c1-12(21)19-15(13-6-8-14(23-2)9-7-13)11-17(22)20-16-5-3-4-10-18-16/h3-10,15H,11H2,1-2H3,(H,19,21)(H,18,20,22)/t15-/m1/s1. The van der Waals surface area contributed by atoms with Crippen LogP contribution >= 0.6 is 0 Å². The van der Waals surface area contributed by atoms with Gasteiger partial charge in [-0.3, -0.25) is 9.59 Å². The van der Waals surface area contributed by atoms with Crippen molar-refractivity contribution in [2.45, 2.75) is 19.4 Å². The highest BCUT2D eigenvalue weighted by Crippen LogP contribution is 2.21. The van der Waals surface area contributed by atoms with Crippen LogP contribution in [0.1, 0.15) is 24.9 Å². The number of carbonyl (C=O) groups excluding carboxylic acids is 2. The van der Waals surface area contributed by atoms with Gasteiger partial charge in [-0.2, -0.15) is 0 Å². The Balaban J connectivity index is 2.08. The van der Waals surface area contributed by atoms with E-state index in [9.17, 15) is 9.59 Å². The van der Waals surface area contributed by atoms with E-state index in [1.165, 1.54) is 6.92 Å². The molecule has 0 aliphatic carbocycles. The summed E-state index contributed by atoms with van der Waals surface area (Å²) in [6.45, 7) is 1.42. The molecule has 2 aromatic rings. The number of ether oxygens (including phenoxy) is 1. The Morgan fingerprint density at radius 1 is 1.17 bits per heavy atom. The summed E-state index contributed by atoms with van der Waals surface area (Å²) in [5, 5.41) is 5.50. The maximum atomic E-state index is 12.2. The highest BCUT2D eigenvalue weighted by molar-refractivity contribution is 5.90. The van der Waals surface area contributed by atoms with Gasteiger partial charge in [-0.05, 0) is 29.8 Å². The minimum Gasteiger partial charge on any atom is -0.497 e. The third kappa shape index (κ3) is 5.10. The van der Waals surface area contributed by atoms with Gasteiger partial charge >= 0.3 is 0 Å². The summed E-state index contributed by atoms with van der Waals surface area (Å²) in [4.78, 5) is 27.6. The second-order valence-electron chi connectivity index (χ2n) is 4.99. The van der Waals surface area contributed by atoms with Crippen LogP contribution in [0.5, 0.6) is 5.75 Å². The lowest BCUT2D eigenvalue weighted by molar-refractivity contribution is -0.120. The van der Waals surface area contributed by atoms with E-state index in [1.54, 1.807) is 43.6 Å². The van der Waals surface area contributed by atoms with E-state index < -0.39 is 6.04 Å². The fourth-order valence-corrected chi connectivity index (χ4v) is 2.15. The lowest BCUT2D eigenvalue weighted by atomic mass is 10.0. The van der Waals surface area contributed by atoms with Crippen LogP contribution in [-0.2, 0) is 9.59 Å². The van der Waals surface area contributed by atoms with Crippen molar-refractivity contribution in [3.63, 3.8) is 0 Å². The molecule has 6 heteroatoms. The normalized spacial score (nSPS) is 11.4. The van der Waals surface area contributed by atoms with Crippen LogP contribution in [0.15, 0.2) is 48.7 Å².